The Balaban J connectivity index is 2.16. The maximum absolute atomic E-state index is 12.2. The van der Waals surface area contributed by atoms with Gasteiger partial charge in [0.05, 0.1) is 24.4 Å². The lowest BCUT2D eigenvalue weighted by molar-refractivity contribution is -0.141. The van der Waals surface area contributed by atoms with E-state index in [1.807, 2.05) is 6.07 Å². The number of benzene rings is 1. The summed E-state index contributed by atoms with van der Waals surface area (Å²) in [6.45, 7) is 0.404. The Morgan fingerprint density at radius 1 is 1.52 bits per heavy atom. The summed E-state index contributed by atoms with van der Waals surface area (Å²) in [5, 5.41) is 20.5. The van der Waals surface area contributed by atoms with Crippen LogP contribution in [0.2, 0.25) is 0 Å². The van der Waals surface area contributed by atoms with E-state index < -0.39 is 18.0 Å². The summed E-state index contributed by atoms with van der Waals surface area (Å²) in [5.74, 6) is -0.650. The minimum atomic E-state index is -1.01. The number of aliphatic carboxylic acids is 1. The highest BCUT2D eigenvalue weighted by molar-refractivity contribution is 5.94. The third-order valence-electron chi connectivity index (χ3n) is 3.37. The predicted molar refractivity (Wildman–Crippen MR) is 74.1 cm³/mol. The van der Waals surface area contributed by atoms with Crippen LogP contribution in [-0.2, 0) is 4.79 Å². The number of rotatable bonds is 3. The third-order valence-corrected chi connectivity index (χ3v) is 3.37. The number of carbonyl (C=O) groups is 2. The number of urea groups is 1. The number of nitrogens with one attached hydrogen (secondary N) is 1. The molecule has 1 atom stereocenters. The van der Waals surface area contributed by atoms with Gasteiger partial charge in [0, 0.05) is 12.6 Å². The highest BCUT2D eigenvalue weighted by Crippen LogP contribution is 2.27. The first kappa shape index (κ1) is 14.7. The molecule has 1 aromatic carbocycles. The first-order valence-corrected chi connectivity index (χ1v) is 6.45. The molecule has 1 aromatic rings. The van der Waals surface area contributed by atoms with E-state index >= 15 is 0 Å². The lowest BCUT2D eigenvalue weighted by Gasteiger charge is -2.22. The molecule has 0 spiro atoms. The molecule has 110 valence electrons. The van der Waals surface area contributed by atoms with E-state index in [9.17, 15) is 9.59 Å². The van der Waals surface area contributed by atoms with Crippen LogP contribution >= 0.6 is 0 Å². The molecule has 1 aliphatic heterocycles. The van der Waals surface area contributed by atoms with Crippen LogP contribution in [0.25, 0.3) is 0 Å². The number of anilines is 1. The van der Waals surface area contributed by atoms with E-state index in [0.717, 1.165) is 0 Å². The normalized spacial score (nSPS) is 17.1. The molecule has 1 saturated heterocycles. The second kappa shape index (κ2) is 6.13. The van der Waals surface area contributed by atoms with Crippen LogP contribution in [0.3, 0.4) is 0 Å². The van der Waals surface area contributed by atoms with Gasteiger partial charge in [0.25, 0.3) is 0 Å². The van der Waals surface area contributed by atoms with Gasteiger partial charge in [-0.3, -0.25) is 0 Å². The number of likely N-dealkylation sites (tertiary alicyclic amines) is 1. The minimum absolute atomic E-state index is 0.355. The van der Waals surface area contributed by atoms with Gasteiger partial charge >= 0.3 is 12.0 Å². The molecule has 21 heavy (non-hydrogen) atoms. The molecule has 2 N–H and O–H groups in total. The van der Waals surface area contributed by atoms with Crippen molar-refractivity contribution in [2.24, 2.45) is 0 Å². The number of nitriles is 1. The molecule has 1 fully saturated rings. The molecule has 0 radical (unpaired) electrons. The highest BCUT2D eigenvalue weighted by atomic mass is 16.5. The minimum Gasteiger partial charge on any atom is -0.495 e. The van der Waals surface area contributed by atoms with Gasteiger partial charge in [-0.1, -0.05) is 0 Å². The molecule has 0 bridgehead atoms. The first-order valence-electron chi connectivity index (χ1n) is 6.45. The second-order valence-corrected chi connectivity index (χ2v) is 4.65. The van der Waals surface area contributed by atoms with Crippen molar-refractivity contribution in [2.75, 3.05) is 19.0 Å². The lowest BCUT2D eigenvalue weighted by Crippen LogP contribution is -2.42. The van der Waals surface area contributed by atoms with E-state index in [-0.39, 0.29) is 0 Å². The van der Waals surface area contributed by atoms with E-state index in [1.54, 1.807) is 12.1 Å². The molecule has 1 heterocycles. The zero-order chi connectivity index (χ0) is 15.4. The molecule has 1 aliphatic rings. The predicted octanol–water partition coefficient (Wildman–Crippen LogP) is 1.65. The average Bonchev–Trinajstić information content (AvgIpc) is 2.97. The van der Waals surface area contributed by atoms with E-state index in [0.29, 0.717) is 36.4 Å². The fourth-order valence-electron chi connectivity index (χ4n) is 2.32. The topological polar surface area (TPSA) is 103 Å². The quantitative estimate of drug-likeness (QED) is 0.880. The van der Waals surface area contributed by atoms with Crippen molar-refractivity contribution >= 4 is 17.7 Å². The van der Waals surface area contributed by atoms with Gasteiger partial charge in [0.15, 0.2) is 0 Å². The van der Waals surface area contributed by atoms with Crippen LogP contribution in [0, 0.1) is 11.3 Å². The van der Waals surface area contributed by atoms with Gasteiger partial charge in [-0.25, -0.2) is 9.59 Å². The maximum Gasteiger partial charge on any atom is 0.326 e. The smallest absolute Gasteiger partial charge is 0.326 e. The number of nitrogens with zero attached hydrogens (tertiary/aromatic N) is 2. The second-order valence-electron chi connectivity index (χ2n) is 4.65. The summed E-state index contributed by atoms with van der Waals surface area (Å²) in [6, 6.07) is 5.32. The van der Waals surface area contributed by atoms with Crippen LogP contribution in [0.5, 0.6) is 5.75 Å². The first-order chi connectivity index (χ1) is 10.1. The maximum atomic E-state index is 12.2. The lowest BCUT2D eigenvalue weighted by atomic mass is 10.2. The molecule has 0 aromatic heterocycles. The third kappa shape index (κ3) is 3.05. The molecular formula is C14H15N3O4. The average molecular weight is 289 g/mol. The Morgan fingerprint density at radius 3 is 2.90 bits per heavy atom. The SMILES string of the molecule is COc1cc(C#N)ccc1NC(=O)N1CCC[C@@H]1C(=O)O. The van der Waals surface area contributed by atoms with Crippen molar-refractivity contribution in [3.63, 3.8) is 0 Å². The Kier molecular flexibility index (Phi) is 4.28. The number of hydrogen-bond acceptors (Lipinski definition) is 4. The molecule has 7 nitrogen and oxygen atoms in total. The Bertz CT molecular complexity index is 609. The fourth-order valence-corrected chi connectivity index (χ4v) is 2.32. The number of carboxylic acid groups (broad SMARTS) is 1. The van der Waals surface area contributed by atoms with Crippen molar-refractivity contribution in [2.45, 2.75) is 18.9 Å². The van der Waals surface area contributed by atoms with Gasteiger partial charge in [-0.15, -0.1) is 0 Å². The molecule has 2 amide bonds. The van der Waals surface area contributed by atoms with Crippen LogP contribution in [0.1, 0.15) is 18.4 Å². The van der Waals surface area contributed by atoms with Crippen LogP contribution in [0.4, 0.5) is 10.5 Å². The van der Waals surface area contributed by atoms with Crippen molar-refractivity contribution in [3.8, 4) is 11.8 Å². The Labute approximate surface area is 121 Å². The number of methoxy groups -OCH3 is 1. The van der Waals surface area contributed by atoms with E-state index in [4.69, 9.17) is 15.1 Å². The van der Waals surface area contributed by atoms with Crippen molar-refractivity contribution < 1.29 is 19.4 Å². The molecule has 0 saturated carbocycles. The van der Waals surface area contributed by atoms with Crippen molar-refractivity contribution in [1.29, 1.82) is 5.26 Å². The highest BCUT2D eigenvalue weighted by Gasteiger charge is 2.34. The van der Waals surface area contributed by atoms with Crippen molar-refractivity contribution in [3.05, 3.63) is 23.8 Å². The van der Waals surface area contributed by atoms with Crippen LogP contribution in [-0.4, -0.2) is 41.7 Å². The summed E-state index contributed by atoms with van der Waals surface area (Å²) >= 11 is 0. The van der Waals surface area contributed by atoms with Gasteiger partial charge in [-0.2, -0.15) is 5.26 Å². The Hall–Kier alpha value is -2.75. The number of carboxylic acids is 1. The summed E-state index contributed by atoms with van der Waals surface area (Å²) in [5.41, 5.74) is 0.812. The standard InChI is InChI=1S/C14H15N3O4/c1-21-12-7-9(8-15)4-5-10(12)16-14(20)17-6-2-3-11(17)13(18)19/h4-5,7,11H,2-3,6H2,1H3,(H,16,20)(H,18,19)/t11-/m1/s1. The molecule has 0 aliphatic carbocycles. The van der Waals surface area contributed by atoms with E-state index in [1.165, 1.54) is 18.1 Å². The molecule has 7 heteroatoms. The largest absolute Gasteiger partial charge is 0.495 e. The van der Waals surface area contributed by atoms with Crippen LogP contribution < -0.4 is 10.1 Å². The van der Waals surface area contributed by atoms with Gasteiger partial charge in [-0.05, 0) is 25.0 Å². The number of hydrogen-bond donors (Lipinski definition) is 2. The van der Waals surface area contributed by atoms with Gasteiger partial charge in [0.2, 0.25) is 0 Å². The van der Waals surface area contributed by atoms with E-state index in [2.05, 4.69) is 5.32 Å². The van der Waals surface area contributed by atoms with Crippen LogP contribution in [0.15, 0.2) is 18.2 Å². The van der Waals surface area contributed by atoms with Gasteiger partial charge < -0.3 is 20.1 Å². The number of ether oxygens (including phenoxy) is 1. The number of amides is 2. The summed E-state index contributed by atoms with van der Waals surface area (Å²) in [7, 11) is 1.43. The number of carbonyl (C=O) groups excluding carboxylic acids is 1. The monoisotopic (exact) mass is 289 g/mol. The van der Waals surface area contributed by atoms with Crippen molar-refractivity contribution in [1.82, 2.24) is 4.90 Å². The fraction of sp³-hybridized carbons (Fsp3) is 0.357. The molecule has 0 unspecified atom stereocenters. The summed E-state index contributed by atoms with van der Waals surface area (Å²) in [6.07, 6.45) is 1.11. The Morgan fingerprint density at radius 2 is 2.29 bits per heavy atom. The molecular weight excluding hydrogens is 274 g/mol. The summed E-state index contributed by atoms with van der Waals surface area (Å²) < 4.78 is 5.12. The van der Waals surface area contributed by atoms with Gasteiger partial charge in [0.1, 0.15) is 11.8 Å². The zero-order valence-electron chi connectivity index (χ0n) is 11.5. The summed E-state index contributed by atoms with van der Waals surface area (Å²) in [4.78, 5) is 24.6. The zero-order valence-corrected chi connectivity index (χ0v) is 11.5. The molecule has 2 rings (SSSR count).